The van der Waals surface area contributed by atoms with E-state index in [9.17, 15) is 0 Å². The van der Waals surface area contributed by atoms with Gasteiger partial charge in [-0.05, 0) is 0 Å². The molecule has 0 N–H and O–H groups in total. The van der Waals surface area contributed by atoms with Crippen LogP contribution in [0.25, 0.3) is 0 Å². The third-order valence-corrected chi connectivity index (χ3v) is 8.18. The summed E-state index contributed by atoms with van der Waals surface area (Å²) < 4.78 is 14.1. The summed E-state index contributed by atoms with van der Waals surface area (Å²) in [6.45, 7) is 7.99. The zero-order chi connectivity index (χ0) is 10.3. The Labute approximate surface area is 114 Å². The molecule has 0 saturated heterocycles. The molecule has 0 aliphatic heterocycles. The Balaban J connectivity index is 4.29. The molecular weight excluding hydrogens is 541 g/mol. The standard InChI is InChI=1S/C9H18O2.2Hg/c1-6-10-8(3)9(4,5)11-7-2;;/h8H,3-4,6-7H2,1-2,5H3;;. The van der Waals surface area contributed by atoms with Crippen molar-refractivity contribution in [3.63, 3.8) is 0 Å². The van der Waals surface area contributed by atoms with E-state index in [2.05, 4.69) is 20.8 Å². The third kappa shape index (κ3) is 4.89. The van der Waals surface area contributed by atoms with E-state index in [4.69, 9.17) is 9.47 Å². The van der Waals surface area contributed by atoms with Gasteiger partial charge in [-0.1, -0.05) is 0 Å². The monoisotopic (exact) mass is 562 g/mol. The first kappa shape index (κ1) is 14.8. The van der Waals surface area contributed by atoms with Crippen LogP contribution in [0.3, 0.4) is 0 Å². The van der Waals surface area contributed by atoms with Crippen LogP contribution in [0.15, 0.2) is 0 Å². The molecule has 0 bridgehead atoms. The van der Waals surface area contributed by atoms with Crippen molar-refractivity contribution >= 4 is 0 Å². The van der Waals surface area contributed by atoms with Crippen molar-refractivity contribution in [1.29, 1.82) is 0 Å². The minimum atomic E-state index is 0.0234. The van der Waals surface area contributed by atoms with Gasteiger partial charge in [0.15, 0.2) is 0 Å². The Kier molecular flexibility index (Phi) is 9.10. The third-order valence-electron chi connectivity index (χ3n) is 2.28. The van der Waals surface area contributed by atoms with Crippen LogP contribution in [-0.4, -0.2) is 24.9 Å². The minimum absolute atomic E-state index is 0.0234. The van der Waals surface area contributed by atoms with Gasteiger partial charge in [-0.25, -0.2) is 0 Å². The molecule has 0 aromatic heterocycles. The Bertz CT molecular complexity index is 133. The average molecular weight is 559 g/mol. The molecule has 0 heterocycles. The predicted octanol–water partition coefficient (Wildman–Crippen LogP) is 2.12. The zero-order valence-corrected chi connectivity index (χ0v) is 20.1. The maximum absolute atomic E-state index is 5.84. The Morgan fingerprint density at radius 2 is 1.85 bits per heavy atom. The molecule has 2 atom stereocenters. The van der Waals surface area contributed by atoms with Gasteiger partial charge in [-0.3, -0.25) is 0 Å². The molecule has 0 aliphatic rings. The summed E-state index contributed by atoms with van der Waals surface area (Å²) in [6.07, 6.45) is 0.360. The van der Waals surface area contributed by atoms with Gasteiger partial charge in [-0.15, -0.1) is 0 Å². The van der Waals surface area contributed by atoms with E-state index in [-0.39, 0.29) is 5.60 Å². The molecular formula is C9H18Hg2O2. The van der Waals surface area contributed by atoms with Crippen LogP contribution in [0.4, 0.5) is 0 Å². The molecule has 4 heteroatoms. The van der Waals surface area contributed by atoms with Gasteiger partial charge in [-0.2, -0.15) is 0 Å². The summed E-state index contributed by atoms with van der Waals surface area (Å²) in [7, 11) is 0. The molecule has 0 aliphatic carbocycles. The van der Waals surface area contributed by atoms with Gasteiger partial charge in [0, 0.05) is 0 Å². The van der Waals surface area contributed by atoms with Crippen molar-refractivity contribution in [3.8, 4) is 0 Å². The quantitative estimate of drug-likeness (QED) is 0.446. The normalized spacial score (nSPS) is 18.4. The van der Waals surface area contributed by atoms with Gasteiger partial charge < -0.3 is 0 Å². The maximum atomic E-state index is 5.84. The van der Waals surface area contributed by atoms with Crippen molar-refractivity contribution in [2.45, 2.75) is 40.3 Å². The van der Waals surface area contributed by atoms with E-state index in [1.807, 2.05) is 0 Å². The average Bonchev–Trinajstić information content (AvgIpc) is 2.14. The van der Waals surface area contributed by atoms with E-state index < -0.39 is 0 Å². The van der Waals surface area contributed by atoms with Gasteiger partial charge >= 0.3 is 115 Å². The SMILES string of the molecule is CCOC([CH2][Hg])C(C)([CH2][Hg])OCC. The molecule has 0 amide bonds. The van der Waals surface area contributed by atoms with Crippen LogP contribution < -0.4 is 0 Å². The van der Waals surface area contributed by atoms with E-state index in [1.165, 1.54) is 7.86 Å². The van der Waals surface area contributed by atoms with E-state index in [0.717, 1.165) is 65.5 Å². The number of ether oxygens (including phenoxy) is 2. The van der Waals surface area contributed by atoms with Crippen molar-refractivity contribution in [1.82, 2.24) is 0 Å². The summed E-state index contributed by atoms with van der Waals surface area (Å²) in [6, 6.07) is 0. The second-order valence-electron chi connectivity index (χ2n) is 3.23. The van der Waals surface area contributed by atoms with Crippen LogP contribution in [0.5, 0.6) is 0 Å². The van der Waals surface area contributed by atoms with Crippen LogP contribution in [0, 0.1) is 0 Å². The first-order valence-corrected chi connectivity index (χ1v) is 12.8. The van der Waals surface area contributed by atoms with Gasteiger partial charge in [0.25, 0.3) is 0 Å². The summed E-state index contributed by atoms with van der Waals surface area (Å²) in [5.74, 6) is 0. The molecule has 0 spiro atoms. The summed E-state index contributed by atoms with van der Waals surface area (Å²) in [5, 5.41) is 0. The first-order chi connectivity index (χ1) is 6.14. The zero-order valence-electron chi connectivity index (χ0n) is 9.14. The fraction of sp³-hybridized carbons (Fsp3) is 1.00. The number of rotatable bonds is 7. The fourth-order valence-electron chi connectivity index (χ4n) is 1.42. The fourth-order valence-corrected chi connectivity index (χ4v) is 6.26. The Morgan fingerprint density at radius 1 is 1.23 bits per heavy atom. The van der Waals surface area contributed by atoms with Gasteiger partial charge in [0.1, 0.15) is 0 Å². The van der Waals surface area contributed by atoms with Crippen molar-refractivity contribution in [2.75, 3.05) is 13.2 Å². The molecule has 70 valence electrons. The molecule has 0 radical (unpaired) electrons. The van der Waals surface area contributed by atoms with Crippen LogP contribution in [0.2, 0.25) is 7.86 Å². The second-order valence-corrected chi connectivity index (χ2v) is 7.42. The number of hydrogen-bond acceptors (Lipinski definition) is 2. The van der Waals surface area contributed by atoms with E-state index >= 15 is 0 Å². The summed E-state index contributed by atoms with van der Waals surface area (Å²) in [4.78, 5) is 0. The van der Waals surface area contributed by atoms with Crippen molar-refractivity contribution in [2.24, 2.45) is 0 Å². The van der Waals surface area contributed by atoms with Gasteiger partial charge in [0.05, 0.1) is 0 Å². The number of hydrogen-bond donors (Lipinski definition) is 0. The van der Waals surface area contributed by atoms with E-state index in [0.29, 0.717) is 6.10 Å². The summed E-state index contributed by atoms with van der Waals surface area (Å²) in [5.41, 5.74) is 0.0234. The van der Waals surface area contributed by atoms with Crippen LogP contribution in [0.1, 0.15) is 20.8 Å². The molecule has 13 heavy (non-hydrogen) atoms. The first-order valence-electron chi connectivity index (χ1n) is 4.98. The van der Waals surface area contributed by atoms with Gasteiger partial charge in [0.2, 0.25) is 0 Å². The molecule has 0 aromatic carbocycles. The topological polar surface area (TPSA) is 18.5 Å². The molecule has 0 aromatic rings. The Morgan fingerprint density at radius 3 is 2.15 bits per heavy atom. The predicted molar refractivity (Wildman–Crippen MR) is 45.1 cm³/mol. The van der Waals surface area contributed by atoms with E-state index in [1.54, 1.807) is 0 Å². The molecule has 0 saturated carbocycles. The van der Waals surface area contributed by atoms with Crippen LogP contribution in [-0.2, 0) is 61.7 Å². The molecule has 0 rings (SSSR count). The molecule has 0 fully saturated rings. The second kappa shape index (κ2) is 8.00. The van der Waals surface area contributed by atoms with Crippen molar-refractivity contribution in [3.05, 3.63) is 0 Å². The van der Waals surface area contributed by atoms with Crippen molar-refractivity contribution < 1.29 is 61.7 Å². The molecule has 2 unspecified atom stereocenters. The van der Waals surface area contributed by atoms with Crippen LogP contribution >= 0.6 is 0 Å². The Hall–Kier alpha value is 1.79. The summed E-state index contributed by atoms with van der Waals surface area (Å²) >= 11 is 1.60. The molecule has 2 nitrogen and oxygen atoms in total.